The molecule has 1 aliphatic heterocycles. The first-order valence-electron chi connectivity index (χ1n) is 5.84. The van der Waals surface area contributed by atoms with Gasteiger partial charge in [-0.15, -0.1) is 0 Å². The van der Waals surface area contributed by atoms with Crippen LogP contribution in [0, 0.1) is 0 Å². The number of epoxide rings is 1. The molecule has 0 aliphatic carbocycles. The van der Waals surface area contributed by atoms with Gasteiger partial charge in [-0.3, -0.25) is 0 Å². The average Bonchev–Trinajstić information content (AvgIpc) is 3.07. The maximum Gasteiger partial charge on any atom is 0.330 e. The molecule has 0 bridgehead atoms. The summed E-state index contributed by atoms with van der Waals surface area (Å²) in [5.74, 6) is -0.304. The molecule has 3 heteroatoms. The molecule has 17 heavy (non-hydrogen) atoms. The smallest absolute Gasteiger partial charge is 0.330 e. The van der Waals surface area contributed by atoms with Crippen molar-refractivity contribution in [1.29, 1.82) is 0 Å². The van der Waals surface area contributed by atoms with Crippen molar-refractivity contribution in [3.8, 4) is 0 Å². The van der Waals surface area contributed by atoms with Gasteiger partial charge < -0.3 is 9.47 Å². The van der Waals surface area contributed by atoms with Crippen LogP contribution in [0.2, 0.25) is 0 Å². The van der Waals surface area contributed by atoms with E-state index in [1.165, 1.54) is 11.6 Å². The predicted molar refractivity (Wildman–Crippen MR) is 64.6 cm³/mol. The molecule has 1 heterocycles. The Labute approximate surface area is 101 Å². The van der Waals surface area contributed by atoms with E-state index in [9.17, 15) is 4.79 Å². The van der Waals surface area contributed by atoms with Gasteiger partial charge in [0.2, 0.25) is 0 Å². The largest absolute Gasteiger partial charge is 0.463 e. The zero-order valence-electron chi connectivity index (χ0n) is 9.84. The average molecular weight is 232 g/mol. The molecule has 2 rings (SSSR count). The van der Waals surface area contributed by atoms with Crippen molar-refractivity contribution in [2.24, 2.45) is 0 Å². The van der Waals surface area contributed by atoms with Crippen LogP contribution in [0.25, 0.3) is 0 Å². The highest BCUT2D eigenvalue weighted by Gasteiger charge is 2.36. The van der Waals surface area contributed by atoms with E-state index in [0.717, 1.165) is 6.42 Å². The Morgan fingerprint density at radius 2 is 2.18 bits per heavy atom. The topological polar surface area (TPSA) is 38.8 Å². The molecule has 0 unspecified atom stereocenters. The summed E-state index contributed by atoms with van der Waals surface area (Å²) in [5, 5.41) is 0. The molecule has 0 aromatic heterocycles. The molecule has 3 nitrogen and oxygen atoms in total. The fourth-order valence-electron chi connectivity index (χ4n) is 1.70. The van der Waals surface area contributed by atoms with Crippen LogP contribution in [0.1, 0.15) is 12.5 Å². The van der Waals surface area contributed by atoms with Crippen molar-refractivity contribution in [3.63, 3.8) is 0 Å². The van der Waals surface area contributed by atoms with Gasteiger partial charge in [0.25, 0.3) is 0 Å². The number of esters is 1. The molecule has 1 aliphatic rings. The molecule has 1 aromatic carbocycles. The fraction of sp³-hybridized carbons (Fsp3) is 0.357. The molecule has 1 aromatic rings. The number of carbonyl (C=O) groups is 1. The quantitative estimate of drug-likeness (QED) is 0.443. The van der Waals surface area contributed by atoms with Crippen LogP contribution in [0.15, 0.2) is 42.5 Å². The lowest BCUT2D eigenvalue weighted by Gasteiger charge is -1.95. The van der Waals surface area contributed by atoms with Crippen LogP contribution in [0.5, 0.6) is 0 Å². The Morgan fingerprint density at radius 1 is 1.41 bits per heavy atom. The van der Waals surface area contributed by atoms with Gasteiger partial charge >= 0.3 is 5.97 Å². The second-order valence-electron chi connectivity index (χ2n) is 3.94. The van der Waals surface area contributed by atoms with Crippen LogP contribution < -0.4 is 0 Å². The lowest BCUT2D eigenvalue weighted by molar-refractivity contribution is -0.137. The van der Waals surface area contributed by atoms with Crippen molar-refractivity contribution >= 4 is 5.97 Å². The van der Waals surface area contributed by atoms with Gasteiger partial charge in [-0.05, 0) is 18.6 Å². The van der Waals surface area contributed by atoms with E-state index in [-0.39, 0.29) is 18.2 Å². The zero-order valence-corrected chi connectivity index (χ0v) is 9.84. The zero-order chi connectivity index (χ0) is 12.1. The summed E-state index contributed by atoms with van der Waals surface area (Å²) in [6.07, 6.45) is 4.35. The van der Waals surface area contributed by atoms with Crippen LogP contribution >= 0.6 is 0 Å². The maximum absolute atomic E-state index is 11.1. The normalized spacial score (nSPS) is 22.6. The lowest BCUT2D eigenvalue weighted by Crippen LogP contribution is -2.01. The van der Waals surface area contributed by atoms with Crippen molar-refractivity contribution in [1.82, 2.24) is 0 Å². The summed E-state index contributed by atoms with van der Waals surface area (Å²) in [6, 6.07) is 10.2. The molecule has 1 saturated heterocycles. The third-order valence-electron chi connectivity index (χ3n) is 2.61. The van der Waals surface area contributed by atoms with Crippen molar-refractivity contribution in [2.75, 3.05) is 6.61 Å². The SMILES string of the molecule is CCOC(=O)/C=C/[C@H]1O[C@@H]1Cc1ccccc1. The first-order valence-corrected chi connectivity index (χ1v) is 5.84. The summed E-state index contributed by atoms with van der Waals surface area (Å²) in [7, 11) is 0. The number of benzene rings is 1. The van der Waals surface area contributed by atoms with Gasteiger partial charge in [0.1, 0.15) is 6.10 Å². The molecule has 90 valence electrons. The fourth-order valence-corrected chi connectivity index (χ4v) is 1.70. The van der Waals surface area contributed by atoms with Crippen molar-refractivity contribution in [3.05, 3.63) is 48.0 Å². The molecule has 0 saturated carbocycles. The van der Waals surface area contributed by atoms with Gasteiger partial charge in [-0.25, -0.2) is 4.79 Å². The van der Waals surface area contributed by atoms with E-state index >= 15 is 0 Å². The number of ether oxygens (including phenoxy) is 2. The number of carbonyl (C=O) groups excluding carboxylic acids is 1. The molecule has 2 atom stereocenters. The molecule has 1 fully saturated rings. The van der Waals surface area contributed by atoms with E-state index in [1.54, 1.807) is 13.0 Å². The molecule has 0 N–H and O–H groups in total. The first kappa shape index (κ1) is 11.9. The minimum atomic E-state index is -0.304. The minimum absolute atomic E-state index is 0.0552. The Bertz CT molecular complexity index is 397. The van der Waals surface area contributed by atoms with E-state index in [2.05, 4.69) is 12.1 Å². The summed E-state index contributed by atoms with van der Waals surface area (Å²) < 4.78 is 10.2. The van der Waals surface area contributed by atoms with Gasteiger partial charge in [-0.1, -0.05) is 30.3 Å². The van der Waals surface area contributed by atoms with E-state index in [1.807, 2.05) is 18.2 Å². The Kier molecular flexibility index (Phi) is 3.94. The Hall–Kier alpha value is -1.61. The molecular formula is C14H16O3. The number of rotatable bonds is 5. The molecule has 0 amide bonds. The van der Waals surface area contributed by atoms with Crippen molar-refractivity contribution < 1.29 is 14.3 Å². The highest BCUT2D eigenvalue weighted by molar-refractivity contribution is 5.82. The van der Waals surface area contributed by atoms with E-state index < -0.39 is 0 Å². The van der Waals surface area contributed by atoms with Gasteiger partial charge in [0, 0.05) is 12.5 Å². The summed E-state index contributed by atoms with van der Waals surface area (Å²) in [4.78, 5) is 11.1. The molecular weight excluding hydrogens is 216 g/mol. The van der Waals surface area contributed by atoms with Gasteiger partial charge in [0.15, 0.2) is 0 Å². The maximum atomic E-state index is 11.1. The number of hydrogen-bond acceptors (Lipinski definition) is 3. The van der Waals surface area contributed by atoms with E-state index in [4.69, 9.17) is 9.47 Å². The second kappa shape index (κ2) is 5.64. The monoisotopic (exact) mass is 232 g/mol. The minimum Gasteiger partial charge on any atom is -0.463 e. The van der Waals surface area contributed by atoms with Crippen LogP contribution in [0.4, 0.5) is 0 Å². The third kappa shape index (κ3) is 3.71. The second-order valence-corrected chi connectivity index (χ2v) is 3.94. The lowest BCUT2D eigenvalue weighted by atomic mass is 10.1. The Morgan fingerprint density at radius 3 is 2.88 bits per heavy atom. The summed E-state index contributed by atoms with van der Waals surface area (Å²) >= 11 is 0. The third-order valence-corrected chi connectivity index (χ3v) is 2.61. The highest BCUT2D eigenvalue weighted by atomic mass is 16.6. The predicted octanol–water partition coefficient (Wildman–Crippen LogP) is 2.12. The standard InChI is InChI=1S/C14H16O3/c1-2-16-14(15)9-8-12-13(17-12)10-11-6-4-3-5-7-11/h3-9,12-13H,2,10H2,1H3/b9-8+/t12-,13-/m1/s1. The van der Waals surface area contributed by atoms with Crippen LogP contribution in [0.3, 0.4) is 0 Å². The van der Waals surface area contributed by atoms with Gasteiger partial charge in [0.05, 0.1) is 12.7 Å². The van der Waals surface area contributed by atoms with Crippen LogP contribution in [-0.4, -0.2) is 24.8 Å². The number of hydrogen-bond donors (Lipinski definition) is 0. The Balaban J connectivity index is 1.76. The van der Waals surface area contributed by atoms with Crippen molar-refractivity contribution in [2.45, 2.75) is 25.6 Å². The first-order chi connectivity index (χ1) is 8.29. The molecule has 0 radical (unpaired) electrons. The van der Waals surface area contributed by atoms with Gasteiger partial charge in [-0.2, -0.15) is 0 Å². The summed E-state index contributed by atoms with van der Waals surface area (Å²) in [6.45, 7) is 2.19. The summed E-state index contributed by atoms with van der Waals surface area (Å²) in [5.41, 5.74) is 1.25. The van der Waals surface area contributed by atoms with E-state index in [0.29, 0.717) is 6.61 Å². The van der Waals surface area contributed by atoms with Crippen LogP contribution in [-0.2, 0) is 20.7 Å². The highest BCUT2D eigenvalue weighted by Crippen LogP contribution is 2.26. The molecule has 0 spiro atoms.